The average Bonchev–Trinajstić information content (AvgIpc) is 2.34. The second-order valence-electron chi connectivity index (χ2n) is 4.02. The van der Waals surface area contributed by atoms with Crippen molar-refractivity contribution in [2.24, 2.45) is 5.92 Å². The van der Waals surface area contributed by atoms with Gasteiger partial charge in [-0.3, -0.25) is 4.79 Å². The quantitative estimate of drug-likeness (QED) is 0.795. The van der Waals surface area contributed by atoms with E-state index < -0.39 is 53.6 Å². The van der Waals surface area contributed by atoms with Crippen molar-refractivity contribution < 1.29 is 26.7 Å². The summed E-state index contributed by atoms with van der Waals surface area (Å²) < 4.78 is 65.5. The van der Waals surface area contributed by atoms with E-state index >= 15 is 0 Å². The minimum absolute atomic E-state index is 0.437. The molecule has 3 atom stereocenters. The minimum atomic E-state index is -2.63. The van der Waals surface area contributed by atoms with Gasteiger partial charge in [0.1, 0.15) is 11.6 Å². The Kier molecular flexibility index (Phi) is 4.61. The van der Waals surface area contributed by atoms with Gasteiger partial charge in [-0.15, -0.1) is 0 Å². The molecule has 0 aliphatic heterocycles. The number of likely N-dealkylation sites (N-methyl/N-ethyl adjacent to an activating group) is 1. The molecule has 0 spiro atoms. The van der Waals surface area contributed by atoms with Crippen LogP contribution in [0.2, 0.25) is 0 Å². The van der Waals surface area contributed by atoms with E-state index in [1.807, 2.05) is 0 Å². The molecule has 0 heterocycles. The highest BCUT2D eigenvalue weighted by molar-refractivity contribution is 5.81. The fraction of sp³-hybridized carbons (Fsp3) is 0.545. The van der Waals surface area contributed by atoms with Crippen LogP contribution in [0.5, 0.6) is 0 Å². The number of carbonyl (C=O) groups is 1. The van der Waals surface area contributed by atoms with E-state index in [4.69, 9.17) is 0 Å². The minimum Gasteiger partial charge on any atom is -0.311 e. The molecule has 2 nitrogen and oxygen atoms in total. The third kappa shape index (κ3) is 2.60. The molecule has 1 rings (SSSR count). The van der Waals surface area contributed by atoms with E-state index in [1.165, 1.54) is 14.0 Å². The van der Waals surface area contributed by atoms with Crippen LogP contribution in [0.25, 0.3) is 0 Å². The molecule has 1 aliphatic carbocycles. The number of nitrogens with one attached hydrogen (secondary N) is 1. The molecule has 0 saturated carbocycles. The van der Waals surface area contributed by atoms with Crippen molar-refractivity contribution in [3.8, 4) is 0 Å². The summed E-state index contributed by atoms with van der Waals surface area (Å²) in [5, 5.41) is 2.47. The SMILES string of the molecule is CNC(CC1C(F)=C(F)C(F)=C(F)C1F)C(C)=O. The number of hydrogen-bond donors (Lipinski definition) is 1. The molecule has 0 amide bonds. The number of halogens is 5. The molecule has 0 fully saturated rings. The Hall–Kier alpha value is -1.24. The average molecular weight is 269 g/mol. The molecule has 3 unspecified atom stereocenters. The van der Waals surface area contributed by atoms with Gasteiger partial charge in [0.15, 0.2) is 23.7 Å². The zero-order chi connectivity index (χ0) is 14.0. The maximum Gasteiger partial charge on any atom is 0.195 e. The Balaban J connectivity index is 3.01. The first-order valence-electron chi connectivity index (χ1n) is 5.23. The number of allylic oxidation sites excluding steroid dienone is 4. The van der Waals surface area contributed by atoms with Crippen molar-refractivity contribution in [1.29, 1.82) is 0 Å². The largest absolute Gasteiger partial charge is 0.311 e. The summed E-state index contributed by atoms with van der Waals surface area (Å²) in [4.78, 5) is 11.1. The standard InChI is InChI=1S/C11H12F5NO/c1-4(18)6(17-2)3-5-7(12)9(14)11(16)10(15)8(5)13/h5-7,17H,3H2,1-2H3. The molecule has 0 radical (unpaired) electrons. The zero-order valence-corrected chi connectivity index (χ0v) is 9.74. The molecule has 7 heteroatoms. The van der Waals surface area contributed by atoms with Gasteiger partial charge in [-0.2, -0.15) is 0 Å². The van der Waals surface area contributed by atoms with Gasteiger partial charge in [-0.1, -0.05) is 0 Å². The number of hydrogen-bond acceptors (Lipinski definition) is 2. The van der Waals surface area contributed by atoms with Crippen LogP contribution in [0.15, 0.2) is 23.3 Å². The first kappa shape index (κ1) is 14.8. The van der Waals surface area contributed by atoms with E-state index in [2.05, 4.69) is 5.32 Å². The van der Waals surface area contributed by atoms with Gasteiger partial charge in [-0.05, 0) is 20.4 Å². The van der Waals surface area contributed by atoms with Gasteiger partial charge in [-0.25, -0.2) is 22.0 Å². The molecule has 0 aromatic carbocycles. The predicted octanol–water partition coefficient (Wildman–Crippen LogP) is 2.82. The number of rotatable bonds is 4. The lowest BCUT2D eigenvalue weighted by atomic mass is 9.88. The number of ketones is 1. The lowest BCUT2D eigenvalue weighted by Crippen LogP contribution is -2.37. The van der Waals surface area contributed by atoms with Crippen molar-refractivity contribution >= 4 is 5.78 Å². The third-order valence-electron chi connectivity index (χ3n) is 2.86. The van der Waals surface area contributed by atoms with Crippen molar-refractivity contribution in [3.63, 3.8) is 0 Å². The highest BCUT2D eigenvalue weighted by Crippen LogP contribution is 2.41. The lowest BCUT2D eigenvalue weighted by Gasteiger charge is -2.25. The lowest BCUT2D eigenvalue weighted by molar-refractivity contribution is -0.119. The second-order valence-corrected chi connectivity index (χ2v) is 4.02. The number of alkyl halides is 1. The molecular formula is C11H12F5NO. The van der Waals surface area contributed by atoms with E-state index in [9.17, 15) is 26.7 Å². The molecule has 18 heavy (non-hydrogen) atoms. The summed E-state index contributed by atoms with van der Waals surface area (Å²) in [5.41, 5.74) is 0. The van der Waals surface area contributed by atoms with E-state index in [-0.39, 0.29) is 0 Å². The molecule has 0 aromatic rings. The van der Waals surface area contributed by atoms with Gasteiger partial charge in [0, 0.05) is 0 Å². The number of Topliss-reactive ketones (excluding diaryl/α,β-unsaturated/α-hetero) is 1. The van der Waals surface area contributed by atoms with Crippen LogP contribution >= 0.6 is 0 Å². The Bertz CT molecular complexity index is 418. The normalized spacial score (nSPS) is 26.6. The first-order valence-corrected chi connectivity index (χ1v) is 5.23. The van der Waals surface area contributed by atoms with Gasteiger partial charge in [0.2, 0.25) is 0 Å². The smallest absolute Gasteiger partial charge is 0.195 e. The van der Waals surface area contributed by atoms with Crippen LogP contribution in [0.3, 0.4) is 0 Å². The van der Waals surface area contributed by atoms with E-state index in [1.54, 1.807) is 0 Å². The highest BCUT2D eigenvalue weighted by Gasteiger charge is 2.41. The van der Waals surface area contributed by atoms with Crippen molar-refractivity contribution in [3.05, 3.63) is 23.3 Å². The molecular weight excluding hydrogens is 257 g/mol. The maximum absolute atomic E-state index is 13.4. The van der Waals surface area contributed by atoms with Crippen LogP contribution in [0, 0.1) is 5.92 Å². The molecule has 1 aliphatic rings. The summed E-state index contributed by atoms with van der Waals surface area (Å²) in [7, 11) is 1.37. The van der Waals surface area contributed by atoms with Crippen molar-refractivity contribution in [1.82, 2.24) is 5.32 Å². The highest BCUT2D eigenvalue weighted by atomic mass is 19.2. The summed E-state index contributed by atoms with van der Waals surface area (Å²) >= 11 is 0. The van der Waals surface area contributed by atoms with Gasteiger partial charge in [0.25, 0.3) is 0 Å². The Morgan fingerprint density at radius 1 is 1.22 bits per heavy atom. The third-order valence-corrected chi connectivity index (χ3v) is 2.86. The van der Waals surface area contributed by atoms with Crippen LogP contribution in [-0.4, -0.2) is 25.0 Å². The fourth-order valence-electron chi connectivity index (χ4n) is 1.76. The molecule has 0 saturated heterocycles. The van der Waals surface area contributed by atoms with Gasteiger partial charge >= 0.3 is 0 Å². The fourth-order valence-corrected chi connectivity index (χ4v) is 1.76. The second kappa shape index (κ2) is 5.60. The Morgan fingerprint density at radius 2 is 1.72 bits per heavy atom. The summed E-state index contributed by atoms with van der Waals surface area (Å²) in [6.45, 7) is 1.17. The van der Waals surface area contributed by atoms with Crippen LogP contribution in [-0.2, 0) is 4.79 Å². The van der Waals surface area contributed by atoms with E-state index in [0.717, 1.165) is 0 Å². The Morgan fingerprint density at radius 3 is 2.17 bits per heavy atom. The van der Waals surface area contributed by atoms with E-state index in [0.29, 0.717) is 0 Å². The maximum atomic E-state index is 13.4. The van der Waals surface area contributed by atoms with Gasteiger partial charge in [0.05, 0.1) is 12.0 Å². The first-order chi connectivity index (χ1) is 8.31. The van der Waals surface area contributed by atoms with Crippen LogP contribution in [0.1, 0.15) is 13.3 Å². The van der Waals surface area contributed by atoms with Crippen LogP contribution < -0.4 is 5.32 Å². The molecule has 0 bridgehead atoms. The topological polar surface area (TPSA) is 29.1 Å². The molecule has 0 aromatic heterocycles. The summed E-state index contributed by atoms with van der Waals surface area (Å²) in [5.74, 6) is -10.1. The predicted molar refractivity (Wildman–Crippen MR) is 55.0 cm³/mol. The van der Waals surface area contributed by atoms with Crippen molar-refractivity contribution in [2.75, 3.05) is 7.05 Å². The summed E-state index contributed by atoms with van der Waals surface area (Å²) in [6, 6.07) is -0.958. The molecule has 102 valence electrons. The van der Waals surface area contributed by atoms with Gasteiger partial charge < -0.3 is 5.32 Å². The molecule has 1 N–H and O–H groups in total. The Labute approximate surface area is 101 Å². The summed E-state index contributed by atoms with van der Waals surface area (Å²) in [6.07, 6.45) is -3.12. The monoisotopic (exact) mass is 269 g/mol. The van der Waals surface area contributed by atoms with Crippen LogP contribution in [0.4, 0.5) is 22.0 Å². The number of carbonyl (C=O) groups excluding carboxylic acids is 1. The van der Waals surface area contributed by atoms with Crippen molar-refractivity contribution in [2.45, 2.75) is 25.6 Å². The zero-order valence-electron chi connectivity index (χ0n) is 9.74.